The molecule has 51 heavy (non-hydrogen) atoms. The first-order valence-corrected chi connectivity index (χ1v) is 18.2. The van der Waals surface area contributed by atoms with Crippen LogP contribution < -0.4 is 0 Å². The molecule has 2 aromatic heterocycles. The van der Waals surface area contributed by atoms with Crippen LogP contribution in [0.5, 0.6) is 0 Å². The third-order valence-corrected chi connectivity index (χ3v) is 11.5. The number of furan rings is 2. The van der Waals surface area contributed by atoms with Gasteiger partial charge in [-0.2, -0.15) is 0 Å². The van der Waals surface area contributed by atoms with Gasteiger partial charge >= 0.3 is 0 Å². The van der Waals surface area contributed by atoms with Gasteiger partial charge in [0, 0.05) is 27.1 Å². The summed E-state index contributed by atoms with van der Waals surface area (Å²) in [6.45, 7) is 0. The molecule has 0 bridgehead atoms. The Morgan fingerprint density at radius 1 is 0.412 bits per heavy atom. The fraction of sp³-hybridized carbons (Fsp3) is 0.102. The summed E-state index contributed by atoms with van der Waals surface area (Å²) < 4.78 is 12.6. The zero-order valence-electron chi connectivity index (χ0n) is 28.2. The molecule has 2 nitrogen and oxygen atoms in total. The maximum atomic E-state index is 6.51. The van der Waals surface area contributed by atoms with Gasteiger partial charge in [0.25, 0.3) is 0 Å². The molecule has 8 aromatic carbocycles. The van der Waals surface area contributed by atoms with Crippen molar-refractivity contribution in [3.05, 3.63) is 157 Å². The Balaban J connectivity index is 1.04. The summed E-state index contributed by atoms with van der Waals surface area (Å²) in [5.74, 6) is 0.598. The maximum absolute atomic E-state index is 6.51. The van der Waals surface area contributed by atoms with Crippen LogP contribution in [-0.2, 0) is 0 Å². The van der Waals surface area contributed by atoms with E-state index in [9.17, 15) is 0 Å². The Hall–Kier alpha value is -6.12. The summed E-state index contributed by atoms with van der Waals surface area (Å²) in [5, 5.41) is 11.0. The Kier molecular flexibility index (Phi) is 6.30. The van der Waals surface area contributed by atoms with Crippen molar-refractivity contribution in [3.8, 4) is 33.4 Å². The maximum Gasteiger partial charge on any atom is 0.143 e. The van der Waals surface area contributed by atoms with Crippen molar-refractivity contribution in [2.24, 2.45) is 0 Å². The molecule has 0 radical (unpaired) electrons. The summed E-state index contributed by atoms with van der Waals surface area (Å²) in [5.41, 5.74) is 11.6. The van der Waals surface area contributed by atoms with E-state index >= 15 is 0 Å². The van der Waals surface area contributed by atoms with Gasteiger partial charge in [0.1, 0.15) is 16.7 Å². The highest BCUT2D eigenvalue weighted by Crippen LogP contribution is 2.46. The second-order valence-corrected chi connectivity index (χ2v) is 14.3. The summed E-state index contributed by atoms with van der Waals surface area (Å²) in [7, 11) is 0. The van der Waals surface area contributed by atoms with Gasteiger partial charge in [-0.15, -0.1) is 0 Å². The zero-order chi connectivity index (χ0) is 33.5. The first-order chi connectivity index (χ1) is 25.3. The average Bonchev–Trinajstić information content (AvgIpc) is 3.96. The molecule has 0 atom stereocenters. The Bertz CT molecular complexity index is 2910. The van der Waals surface area contributed by atoms with E-state index in [-0.39, 0.29) is 0 Å². The number of hydrogen-bond donors (Lipinski definition) is 0. The lowest BCUT2D eigenvalue weighted by atomic mass is 9.85. The molecule has 1 fully saturated rings. The molecule has 0 spiro atoms. The smallest absolute Gasteiger partial charge is 0.143 e. The third kappa shape index (κ3) is 4.43. The third-order valence-electron chi connectivity index (χ3n) is 11.5. The molecular formula is C49H34O2. The predicted molar refractivity (Wildman–Crippen MR) is 214 cm³/mol. The SMILES string of the molecule is c1ccc2c(c1)ccc1c3ccc(-c4ccc(-c5c6ccccc6c(-c6ccc7occ(C8CCCC8)c7c6)c6ccccc56)cc4)cc3oc21. The van der Waals surface area contributed by atoms with Crippen LogP contribution in [-0.4, -0.2) is 0 Å². The van der Waals surface area contributed by atoms with Gasteiger partial charge in [0.2, 0.25) is 0 Å². The molecule has 0 unspecified atom stereocenters. The summed E-state index contributed by atoms with van der Waals surface area (Å²) in [6, 6.07) is 53.1. The average molecular weight is 655 g/mol. The predicted octanol–water partition coefficient (Wildman–Crippen LogP) is 14.5. The van der Waals surface area contributed by atoms with Crippen LogP contribution in [0, 0.1) is 0 Å². The lowest BCUT2D eigenvalue weighted by Gasteiger charge is -2.18. The van der Waals surface area contributed by atoms with Gasteiger partial charge in [-0.25, -0.2) is 0 Å². The van der Waals surface area contributed by atoms with Gasteiger partial charge in [0.15, 0.2) is 0 Å². The van der Waals surface area contributed by atoms with Gasteiger partial charge in [-0.05, 0) is 109 Å². The highest BCUT2D eigenvalue weighted by atomic mass is 16.3. The van der Waals surface area contributed by atoms with Crippen molar-refractivity contribution in [1.29, 1.82) is 0 Å². The summed E-state index contributed by atoms with van der Waals surface area (Å²) >= 11 is 0. The molecule has 2 heterocycles. The normalized spacial score (nSPS) is 13.9. The molecule has 10 aromatic rings. The molecule has 0 saturated heterocycles. The minimum atomic E-state index is 0.598. The topological polar surface area (TPSA) is 26.3 Å². The van der Waals surface area contributed by atoms with Gasteiger partial charge in [-0.3, -0.25) is 0 Å². The van der Waals surface area contributed by atoms with Crippen molar-refractivity contribution < 1.29 is 8.83 Å². The van der Waals surface area contributed by atoms with E-state index in [0.717, 1.165) is 38.5 Å². The molecule has 0 N–H and O–H groups in total. The second-order valence-electron chi connectivity index (χ2n) is 14.3. The van der Waals surface area contributed by atoms with Crippen molar-refractivity contribution in [3.63, 3.8) is 0 Å². The molecule has 0 aliphatic heterocycles. The van der Waals surface area contributed by atoms with E-state index in [1.54, 1.807) is 0 Å². The fourth-order valence-corrected chi connectivity index (χ4v) is 9.02. The lowest BCUT2D eigenvalue weighted by molar-refractivity contribution is 0.599. The molecule has 0 amide bonds. The van der Waals surface area contributed by atoms with Crippen molar-refractivity contribution in [2.75, 3.05) is 0 Å². The molecule has 2 heteroatoms. The highest BCUT2D eigenvalue weighted by Gasteiger charge is 2.23. The zero-order valence-corrected chi connectivity index (χ0v) is 28.2. The van der Waals surface area contributed by atoms with Gasteiger partial charge < -0.3 is 8.83 Å². The Morgan fingerprint density at radius 2 is 1.00 bits per heavy atom. The quantitative estimate of drug-likeness (QED) is 0.177. The first kappa shape index (κ1) is 28.7. The Morgan fingerprint density at radius 3 is 1.73 bits per heavy atom. The van der Waals surface area contributed by atoms with Crippen molar-refractivity contribution in [2.45, 2.75) is 31.6 Å². The van der Waals surface area contributed by atoms with E-state index in [1.165, 1.54) is 91.4 Å². The fourth-order valence-electron chi connectivity index (χ4n) is 9.02. The minimum absolute atomic E-state index is 0.598. The molecule has 1 saturated carbocycles. The van der Waals surface area contributed by atoms with Crippen LogP contribution in [0.2, 0.25) is 0 Å². The van der Waals surface area contributed by atoms with E-state index in [4.69, 9.17) is 8.83 Å². The first-order valence-electron chi connectivity index (χ1n) is 18.2. The molecular weight excluding hydrogens is 621 g/mol. The van der Waals surface area contributed by atoms with Gasteiger partial charge in [-0.1, -0.05) is 128 Å². The van der Waals surface area contributed by atoms with Crippen molar-refractivity contribution >= 4 is 65.2 Å². The van der Waals surface area contributed by atoms with Crippen LogP contribution >= 0.6 is 0 Å². The number of rotatable bonds is 4. The Labute approximate surface area is 295 Å². The van der Waals surface area contributed by atoms with E-state index in [0.29, 0.717) is 5.92 Å². The minimum Gasteiger partial charge on any atom is -0.464 e. The van der Waals surface area contributed by atoms with Gasteiger partial charge in [0.05, 0.1) is 6.26 Å². The van der Waals surface area contributed by atoms with Crippen LogP contribution in [0.25, 0.3) is 98.6 Å². The van der Waals surface area contributed by atoms with Crippen LogP contribution in [0.1, 0.15) is 37.2 Å². The van der Waals surface area contributed by atoms with E-state index < -0.39 is 0 Å². The van der Waals surface area contributed by atoms with E-state index in [2.05, 4.69) is 146 Å². The molecule has 11 rings (SSSR count). The largest absolute Gasteiger partial charge is 0.464 e. The monoisotopic (exact) mass is 654 g/mol. The highest BCUT2D eigenvalue weighted by molar-refractivity contribution is 6.22. The number of fused-ring (bicyclic) bond motifs is 8. The molecule has 242 valence electrons. The second kappa shape index (κ2) is 11.2. The number of benzene rings is 8. The van der Waals surface area contributed by atoms with Crippen molar-refractivity contribution in [1.82, 2.24) is 0 Å². The standard InChI is InChI=1S/C49H34O2/c1-2-10-31(9-1)44-29-50-45-26-23-35(27-43(44)45)48-40-15-7-5-13-38(40)47(39-14-6-8-16-41(39)48)33-19-17-30(18-20-33)34-22-24-37-42-25-21-32-11-3-4-12-36(32)49(42)51-46(37)28-34/h3-8,11-29,31H,1-2,9-10H2. The summed E-state index contributed by atoms with van der Waals surface area (Å²) in [6.07, 6.45) is 7.14. The molecule has 1 aliphatic carbocycles. The number of hydrogen-bond acceptors (Lipinski definition) is 2. The molecule has 1 aliphatic rings. The summed E-state index contributed by atoms with van der Waals surface area (Å²) in [4.78, 5) is 0. The lowest BCUT2D eigenvalue weighted by Crippen LogP contribution is -1.92. The van der Waals surface area contributed by atoms with Crippen LogP contribution in [0.15, 0.2) is 161 Å². The van der Waals surface area contributed by atoms with E-state index in [1.807, 2.05) is 6.26 Å². The van der Waals surface area contributed by atoms with Crippen LogP contribution in [0.4, 0.5) is 0 Å². The van der Waals surface area contributed by atoms with Crippen LogP contribution in [0.3, 0.4) is 0 Å².